The van der Waals surface area contributed by atoms with Crippen molar-refractivity contribution < 1.29 is 9.13 Å². The van der Waals surface area contributed by atoms with Gasteiger partial charge in [-0.15, -0.1) is 0 Å². The van der Waals surface area contributed by atoms with E-state index < -0.39 is 5.82 Å². The van der Waals surface area contributed by atoms with Crippen LogP contribution in [0.1, 0.15) is 5.69 Å². The third-order valence-electron chi connectivity index (χ3n) is 2.91. The Morgan fingerprint density at radius 1 is 1.40 bits per heavy atom. The molecule has 0 aliphatic rings. The van der Waals surface area contributed by atoms with Gasteiger partial charge in [0.1, 0.15) is 12.3 Å². The monoisotopic (exact) mass is 335 g/mol. The van der Waals surface area contributed by atoms with Gasteiger partial charge >= 0.3 is 0 Å². The average molecular weight is 336 g/mol. The van der Waals surface area contributed by atoms with Gasteiger partial charge in [0, 0.05) is 29.3 Å². The van der Waals surface area contributed by atoms with Crippen LogP contribution in [0.2, 0.25) is 0 Å². The van der Waals surface area contributed by atoms with Crippen molar-refractivity contribution in [1.82, 2.24) is 14.5 Å². The lowest BCUT2D eigenvalue weighted by Crippen LogP contribution is -2.02. The zero-order valence-corrected chi connectivity index (χ0v) is 12.3. The zero-order valence-electron chi connectivity index (χ0n) is 10.7. The summed E-state index contributed by atoms with van der Waals surface area (Å²) in [6.07, 6.45) is 3.50. The minimum atomic E-state index is -0.486. The third kappa shape index (κ3) is 2.38. The number of ether oxygens (including phenoxy) is 1. The molecule has 20 heavy (non-hydrogen) atoms. The number of nitrogens with zero attached hydrogens (tertiary/aromatic N) is 3. The molecule has 0 aromatic carbocycles. The van der Waals surface area contributed by atoms with Gasteiger partial charge in [0.05, 0.1) is 5.69 Å². The molecular formula is C14H11BrFN3O. The highest BCUT2D eigenvalue weighted by atomic mass is 79.9. The van der Waals surface area contributed by atoms with E-state index in [1.165, 1.54) is 6.07 Å². The van der Waals surface area contributed by atoms with Crippen molar-refractivity contribution in [2.45, 2.75) is 6.61 Å². The van der Waals surface area contributed by atoms with Gasteiger partial charge in [-0.2, -0.15) is 4.98 Å². The van der Waals surface area contributed by atoms with Gasteiger partial charge in [-0.25, -0.2) is 4.39 Å². The second-order valence-electron chi connectivity index (χ2n) is 4.34. The van der Waals surface area contributed by atoms with Crippen LogP contribution in [0, 0.1) is 5.82 Å². The van der Waals surface area contributed by atoms with Crippen LogP contribution in [0.25, 0.3) is 11.0 Å². The Morgan fingerprint density at radius 3 is 3.00 bits per heavy atom. The Labute approximate surface area is 123 Å². The fourth-order valence-corrected chi connectivity index (χ4v) is 2.53. The number of halogens is 2. The number of hydrogen-bond acceptors (Lipinski definition) is 3. The first kappa shape index (κ1) is 13.1. The number of hydrogen-bond donors (Lipinski definition) is 0. The fraction of sp³-hybridized carbons (Fsp3) is 0.143. The second-order valence-corrected chi connectivity index (χ2v) is 5.20. The van der Waals surface area contributed by atoms with Gasteiger partial charge in [-0.1, -0.05) is 6.07 Å². The van der Waals surface area contributed by atoms with Crippen molar-refractivity contribution in [2.75, 3.05) is 0 Å². The number of aryl methyl sites for hydroxylation is 1. The summed E-state index contributed by atoms with van der Waals surface area (Å²) in [6.45, 7) is 0.182. The van der Waals surface area contributed by atoms with E-state index in [4.69, 9.17) is 4.74 Å². The van der Waals surface area contributed by atoms with E-state index in [0.717, 1.165) is 15.6 Å². The molecule has 0 aliphatic heterocycles. The van der Waals surface area contributed by atoms with Crippen molar-refractivity contribution in [2.24, 2.45) is 7.05 Å². The molecule has 0 saturated carbocycles. The van der Waals surface area contributed by atoms with Crippen LogP contribution in [-0.4, -0.2) is 14.5 Å². The summed E-state index contributed by atoms with van der Waals surface area (Å²) in [6, 6.07) is 6.90. The van der Waals surface area contributed by atoms with Crippen molar-refractivity contribution in [1.29, 1.82) is 0 Å². The molecule has 0 atom stereocenters. The van der Waals surface area contributed by atoms with E-state index in [-0.39, 0.29) is 12.5 Å². The standard InChI is InChI=1S/C14H11BrFN3O/c1-19-7-11(15)10-6-12(16)14(18-13(10)19)20-8-9-4-2-3-5-17-9/h2-7H,8H2,1H3. The lowest BCUT2D eigenvalue weighted by molar-refractivity contribution is 0.274. The van der Waals surface area contributed by atoms with Crippen LogP contribution in [0.4, 0.5) is 4.39 Å². The van der Waals surface area contributed by atoms with E-state index in [1.807, 2.05) is 36.0 Å². The topological polar surface area (TPSA) is 39.9 Å². The van der Waals surface area contributed by atoms with Crippen LogP contribution in [-0.2, 0) is 13.7 Å². The molecule has 3 aromatic rings. The molecule has 4 nitrogen and oxygen atoms in total. The van der Waals surface area contributed by atoms with Gasteiger partial charge in [0.25, 0.3) is 5.88 Å². The SMILES string of the molecule is Cn1cc(Br)c2cc(F)c(OCc3ccccn3)nc21. The molecule has 0 amide bonds. The molecule has 6 heteroatoms. The van der Waals surface area contributed by atoms with Gasteiger partial charge in [0.15, 0.2) is 5.82 Å². The number of pyridine rings is 2. The molecule has 0 saturated heterocycles. The molecule has 0 bridgehead atoms. The van der Waals surface area contributed by atoms with E-state index in [1.54, 1.807) is 6.20 Å². The Kier molecular flexibility index (Phi) is 3.40. The molecule has 0 aliphatic carbocycles. The van der Waals surface area contributed by atoms with Gasteiger partial charge in [0.2, 0.25) is 0 Å². The number of rotatable bonds is 3. The molecule has 0 unspecified atom stereocenters. The van der Waals surface area contributed by atoms with Gasteiger partial charge in [-0.3, -0.25) is 4.98 Å². The van der Waals surface area contributed by atoms with Crippen LogP contribution in [0.5, 0.6) is 5.88 Å². The normalized spacial score (nSPS) is 10.9. The summed E-state index contributed by atoms with van der Waals surface area (Å²) in [5, 5.41) is 0.718. The smallest absolute Gasteiger partial charge is 0.252 e. The maximum absolute atomic E-state index is 14.0. The maximum atomic E-state index is 14.0. The van der Waals surface area contributed by atoms with Crippen molar-refractivity contribution in [3.63, 3.8) is 0 Å². The highest BCUT2D eigenvalue weighted by molar-refractivity contribution is 9.10. The molecule has 0 N–H and O–H groups in total. The summed E-state index contributed by atoms with van der Waals surface area (Å²) in [4.78, 5) is 8.34. The van der Waals surface area contributed by atoms with E-state index in [2.05, 4.69) is 25.9 Å². The van der Waals surface area contributed by atoms with Crippen molar-refractivity contribution in [3.05, 3.63) is 52.6 Å². The molecular weight excluding hydrogens is 325 g/mol. The lowest BCUT2D eigenvalue weighted by Gasteiger charge is -2.06. The van der Waals surface area contributed by atoms with Crippen LogP contribution >= 0.6 is 15.9 Å². The Morgan fingerprint density at radius 2 is 2.25 bits per heavy atom. The summed E-state index contributed by atoms with van der Waals surface area (Å²) in [5.74, 6) is -0.503. The first-order chi connectivity index (χ1) is 9.65. The fourth-order valence-electron chi connectivity index (χ4n) is 1.94. The summed E-state index contributed by atoms with van der Waals surface area (Å²) < 4.78 is 22.0. The van der Waals surface area contributed by atoms with E-state index in [0.29, 0.717) is 5.65 Å². The predicted molar refractivity (Wildman–Crippen MR) is 76.9 cm³/mol. The number of aromatic nitrogens is 3. The van der Waals surface area contributed by atoms with Gasteiger partial charge in [-0.05, 0) is 34.1 Å². The van der Waals surface area contributed by atoms with Crippen LogP contribution < -0.4 is 4.74 Å². The Hall–Kier alpha value is -1.95. The first-order valence-corrected chi connectivity index (χ1v) is 6.78. The zero-order chi connectivity index (χ0) is 14.1. The minimum Gasteiger partial charge on any atom is -0.469 e. The first-order valence-electron chi connectivity index (χ1n) is 5.99. The van der Waals surface area contributed by atoms with Crippen LogP contribution in [0.3, 0.4) is 0 Å². The molecule has 3 rings (SSSR count). The largest absolute Gasteiger partial charge is 0.469 e. The Balaban J connectivity index is 1.91. The summed E-state index contributed by atoms with van der Waals surface area (Å²) in [5.41, 5.74) is 1.39. The Bertz CT molecular complexity index is 758. The molecule has 0 spiro atoms. The van der Waals surface area contributed by atoms with Crippen LogP contribution in [0.15, 0.2) is 41.1 Å². The second kappa shape index (κ2) is 5.20. The minimum absolute atomic E-state index is 0.0168. The quantitative estimate of drug-likeness (QED) is 0.736. The average Bonchev–Trinajstić information content (AvgIpc) is 2.72. The molecule has 0 radical (unpaired) electrons. The third-order valence-corrected chi connectivity index (χ3v) is 3.54. The number of fused-ring (bicyclic) bond motifs is 1. The summed E-state index contributed by atoms with van der Waals surface area (Å²) in [7, 11) is 1.85. The van der Waals surface area contributed by atoms with E-state index >= 15 is 0 Å². The highest BCUT2D eigenvalue weighted by Gasteiger charge is 2.13. The summed E-state index contributed by atoms with van der Waals surface area (Å²) >= 11 is 3.37. The molecule has 3 aromatic heterocycles. The predicted octanol–water partition coefficient (Wildman–Crippen LogP) is 3.45. The molecule has 102 valence electrons. The lowest BCUT2D eigenvalue weighted by atomic mass is 10.3. The van der Waals surface area contributed by atoms with Crippen molar-refractivity contribution in [3.8, 4) is 5.88 Å². The van der Waals surface area contributed by atoms with Crippen molar-refractivity contribution >= 4 is 27.0 Å². The highest BCUT2D eigenvalue weighted by Crippen LogP contribution is 2.28. The molecule has 0 fully saturated rings. The van der Waals surface area contributed by atoms with E-state index in [9.17, 15) is 4.39 Å². The van der Waals surface area contributed by atoms with Gasteiger partial charge < -0.3 is 9.30 Å². The molecule has 3 heterocycles. The maximum Gasteiger partial charge on any atom is 0.252 e.